The number of benzene rings is 1. The first-order valence-electron chi connectivity index (χ1n) is 8.08. The number of hydrogen-bond acceptors (Lipinski definition) is 3. The molecule has 4 heteroatoms. The monoisotopic (exact) mass is 336 g/mol. The largest absolute Gasteiger partial charge is 0.376 e. The molecule has 0 saturated heterocycles. The van der Waals surface area contributed by atoms with Crippen molar-refractivity contribution in [3.63, 3.8) is 0 Å². The predicted octanol–water partition coefficient (Wildman–Crippen LogP) is 4.51. The molecule has 1 aromatic rings. The van der Waals surface area contributed by atoms with Gasteiger partial charge in [0.15, 0.2) is 9.84 Å². The minimum Gasteiger partial charge on any atom is -0.376 e. The van der Waals surface area contributed by atoms with Crippen LogP contribution in [0, 0.1) is 18.3 Å². The molecular formula is C19H28O3S. The van der Waals surface area contributed by atoms with E-state index in [2.05, 4.69) is 13.8 Å². The molecule has 1 aliphatic rings. The maximum atomic E-state index is 12.6. The summed E-state index contributed by atoms with van der Waals surface area (Å²) in [7, 11) is -3.38. The van der Waals surface area contributed by atoms with E-state index >= 15 is 0 Å². The SMILES string of the molecule is Cc1ccc(S(=O)(=O)C=C2CC(COC(C)(C)C)C2(C)C)cc1. The number of allylic oxidation sites excluding steroid dienone is 1. The van der Waals surface area contributed by atoms with Gasteiger partial charge in [0.2, 0.25) is 0 Å². The van der Waals surface area contributed by atoms with Crippen molar-refractivity contribution in [2.24, 2.45) is 11.3 Å². The van der Waals surface area contributed by atoms with Gasteiger partial charge in [-0.2, -0.15) is 0 Å². The van der Waals surface area contributed by atoms with E-state index in [1.54, 1.807) is 12.1 Å². The van der Waals surface area contributed by atoms with Crippen LogP contribution in [0.5, 0.6) is 0 Å². The van der Waals surface area contributed by atoms with E-state index in [0.717, 1.165) is 17.6 Å². The molecule has 0 bridgehead atoms. The fraction of sp³-hybridized carbons (Fsp3) is 0.579. The van der Waals surface area contributed by atoms with E-state index < -0.39 is 9.84 Å². The Labute approximate surface area is 140 Å². The van der Waals surface area contributed by atoms with Crippen LogP contribution in [0.15, 0.2) is 40.1 Å². The molecule has 1 fully saturated rings. The second-order valence-corrected chi connectivity index (χ2v) is 9.84. The first-order chi connectivity index (χ1) is 10.4. The van der Waals surface area contributed by atoms with Gasteiger partial charge in [0, 0.05) is 5.41 Å². The quantitative estimate of drug-likeness (QED) is 0.812. The van der Waals surface area contributed by atoms with Gasteiger partial charge in [-0.25, -0.2) is 8.42 Å². The summed E-state index contributed by atoms with van der Waals surface area (Å²) < 4.78 is 31.0. The van der Waals surface area contributed by atoms with Crippen LogP contribution in [0.1, 0.15) is 46.6 Å². The molecule has 0 aromatic heterocycles. The van der Waals surface area contributed by atoms with Crippen molar-refractivity contribution >= 4 is 9.84 Å². The van der Waals surface area contributed by atoms with Crippen molar-refractivity contribution in [1.29, 1.82) is 0 Å². The zero-order valence-electron chi connectivity index (χ0n) is 15.0. The maximum Gasteiger partial charge on any atom is 0.199 e. The second kappa shape index (κ2) is 6.06. The highest BCUT2D eigenvalue weighted by Crippen LogP contribution is 2.51. The number of aryl methyl sites for hydroxylation is 1. The average Bonchev–Trinajstić information content (AvgIpc) is 2.41. The van der Waals surface area contributed by atoms with Gasteiger partial charge in [0.25, 0.3) is 0 Å². The fourth-order valence-corrected chi connectivity index (χ4v) is 4.14. The van der Waals surface area contributed by atoms with Gasteiger partial charge in [-0.3, -0.25) is 0 Å². The zero-order chi connectivity index (χ0) is 17.5. The topological polar surface area (TPSA) is 43.4 Å². The van der Waals surface area contributed by atoms with Gasteiger partial charge in [0.05, 0.1) is 17.1 Å². The highest BCUT2D eigenvalue weighted by molar-refractivity contribution is 7.94. The van der Waals surface area contributed by atoms with Crippen LogP contribution < -0.4 is 0 Å². The average molecular weight is 336 g/mol. The third-order valence-corrected chi connectivity index (χ3v) is 6.20. The third kappa shape index (κ3) is 4.24. The van der Waals surface area contributed by atoms with E-state index in [1.807, 2.05) is 39.8 Å². The Morgan fingerprint density at radius 3 is 2.26 bits per heavy atom. The molecule has 0 spiro atoms. The lowest BCUT2D eigenvalue weighted by Gasteiger charge is -2.48. The van der Waals surface area contributed by atoms with Crippen molar-refractivity contribution in [3.8, 4) is 0 Å². The molecule has 1 aromatic carbocycles. The third-order valence-electron chi connectivity index (χ3n) is 4.68. The van der Waals surface area contributed by atoms with Crippen LogP contribution in [0.2, 0.25) is 0 Å². The second-order valence-electron chi connectivity index (χ2n) is 8.05. The molecule has 1 saturated carbocycles. The zero-order valence-corrected chi connectivity index (χ0v) is 15.8. The Hall–Kier alpha value is -1.13. The van der Waals surface area contributed by atoms with Gasteiger partial charge in [-0.05, 0) is 57.6 Å². The Balaban J connectivity index is 2.14. The molecule has 0 radical (unpaired) electrons. The van der Waals surface area contributed by atoms with Gasteiger partial charge < -0.3 is 4.74 Å². The van der Waals surface area contributed by atoms with Crippen molar-refractivity contribution in [1.82, 2.24) is 0 Å². The standard InChI is InChI=1S/C19H28O3S/c1-14-7-9-17(10-8-14)23(20,21)13-16-11-15(19(16,5)6)12-22-18(2,3)4/h7-10,13,15H,11-12H2,1-6H3. The Morgan fingerprint density at radius 2 is 1.78 bits per heavy atom. The van der Waals surface area contributed by atoms with Crippen molar-refractivity contribution in [2.45, 2.75) is 58.5 Å². The van der Waals surface area contributed by atoms with Gasteiger partial charge in [0.1, 0.15) is 0 Å². The normalized spacial score (nSPS) is 22.9. The van der Waals surface area contributed by atoms with Gasteiger partial charge in [-0.15, -0.1) is 0 Å². The molecule has 3 nitrogen and oxygen atoms in total. The van der Waals surface area contributed by atoms with Crippen LogP contribution in [-0.2, 0) is 14.6 Å². The lowest BCUT2D eigenvalue weighted by atomic mass is 9.59. The molecule has 1 unspecified atom stereocenters. The smallest absolute Gasteiger partial charge is 0.199 e. The van der Waals surface area contributed by atoms with Crippen molar-refractivity contribution in [3.05, 3.63) is 40.8 Å². The highest BCUT2D eigenvalue weighted by atomic mass is 32.2. The molecule has 0 amide bonds. The van der Waals surface area contributed by atoms with Crippen LogP contribution in [0.25, 0.3) is 0 Å². The van der Waals surface area contributed by atoms with Gasteiger partial charge >= 0.3 is 0 Å². The summed E-state index contributed by atoms with van der Waals surface area (Å²) >= 11 is 0. The van der Waals surface area contributed by atoms with E-state index in [1.165, 1.54) is 5.41 Å². The van der Waals surface area contributed by atoms with E-state index in [0.29, 0.717) is 17.4 Å². The number of ether oxygens (including phenoxy) is 1. The number of sulfone groups is 1. The van der Waals surface area contributed by atoms with Crippen molar-refractivity contribution < 1.29 is 13.2 Å². The molecule has 1 aliphatic carbocycles. The summed E-state index contributed by atoms with van der Waals surface area (Å²) in [5.41, 5.74) is 1.74. The highest BCUT2D eigenvalue weighted by Gasteiger charge is 2.44. The molecule has 0 aliphatic heterocycles. The molecule has 128 valence electrons. The van der Waals surface area contributed by atoms with E-state index in [9.17, 15) is 8.42 Å². The van der Waals surface area contributed by atoms with Crippen LogP contribution in [0.3, 0.4) is 0 Å². The summed E-state index contributed by atoms with van der Waals surface area (Å²) in [5, 5.41) is 1.46. The summed E-state index contributed by atoms with van der Waals surface area (Å²) in [6.07, 6.45) is 0.786. The molecule has 2 rings (SSSR count). The lowest BCUT2D eigenvalue weighted by Crippen LogP contribution is -2.42. The fourth-order valence-electron chi connectivity index (χ4n) is 2.72. The minimum atomic E-state index is -3.38. The molecule has 1 atom stereocenters. The summed E-state index contributed by atoms with van der Waals surface area (Å²) in [6, 6.07) is 7.01. The van der Waals surface area contributed by atoms with Crippen LogP contribution in [0.4, 0.5) is 0 Å². The number of hydrogen-bond donors (Lipinski definition) is 0. The predicted molar refractivity (Wildman–Crippen MR) is 94.0 cm³/mol. The minimum absolute atomic E-state index is 0.136. The summed E-state index contributed by atoms with van der Waals surface area (Å²) in [5.74, 6) is 0.362. The summed E-state index contributed by atoms with van der Waals surface area (Å²) in [4.78, 5) is 0.362. The Bertz CT molecular complexity index is 689. The maximum absolute atomic E-state index is 12.6. The van der Waals surface area contributed by atoms with E-state index in [-0.39, 0.29) is 11.0 Å². The van der Waals surface area contributed by atoms with E-state index in [4.69, 9.17) is 4.74 Å². The van der Waals surface area contributed by atoms with Crippen LogP contribution in [-0.4, -0.2) is 20.6 Å². The van der Waals surface area contributed by atoms with Crippen LogP contribution >= 0.6 is 0 Å². The Kier molecular flexibility index (Phi) is 4.80. The number of rotatable bonds is 4. The molecule has 0 N–H and O–H groups in total. The Morgan fingerprint density at radius 1 is 1.22 bits per heavy atom. The molecular weight excluding hydrogens is 308 g/mol. The van der Waals surface area contributed by atoms with Crippen molar-refractivity contribution in [2.75, 3.05) is 6.61 Å². The molecule has 23 heavy (non-hydrogen) atoms. The lowest BCUT2D eigenvalue weighted by molar-refractivity contribution is -0.0545. The first kappa shape index (κ1) is 18.2. The van der Waals surface area contributed by atoms with Gasteiger partial charge in [-0.1, -0.05) is 37.1 Å². The first-order valence-corrected chi connectivity index (χ1v) is 9.63. The summed E-state index contributed by atoms with van der Waals surface area (Å²) in [6.45, 7) is 12.9. The molecule has 0 heterocycles.